The molecule has 1 aliphatic rings. The zero-order chi connectivity index (χ0) is 18.6. The number of piperazine rings is 1. The van der Waals surface area contributed by atoms with E-state index in [-0.39, 0.29) is 5.91 Å². The van der Waals surface area contributed by atoms with Crippen molar-refractivity contribution in [1.82, 2.24) is 14.9 Å². The highest BCUT2D eigenvalue weighted by atomic mass is 35.5. The quantitative estimate of drug-likeness (QED) is 0.685. The van der Waals surface area contributed by atoms with Gasteiger partial charge in [-0.15, -0.1) is 0 Å². The summed E-state index contributed by atoms with van der Waals surface area (Å²) in [5.41, 5.74) is 0. The average molecular weight is 385 g/mol. The lowest BCUT2D eigenvalue weighted by Crippen LogP contribution is -2.49. The molecule has 4 rings (SSSR count). The van der Waals surface area contributed by atoms with E-state index in [4.69, 9.17) is 20.8 Å². The number of carbonyl (C=O) groups is 1. The number of carbonyl (C=O) groups excluding carboxylic acids is 1. The highest BCUT2D eigenvalue weighted by molar-refractivity contribution is 6.30. The van der Waals surface area contributed by atoms with Gasteiger partial charge in [-0.25, -0.2) is 9.97 Å². The zero-order valence-corrected chi connectivity index (χ0v) is 15.2. The molecule has 1 aromatic carbocycles. The van der Waals surface area contributed by atoms with Gasteiger partial charge in [0.15, 0.2) is 5.76 Å². The lowest BCUT2D eigenvalue weighted by Gasteiger charge is -2.34. The molecule has 3 heterocycles. The number of rotatable bonds is 4. The van der Waals surface area contributed by atoms with E-state index in [0.717, 1.165) is 5.82 Å². The van der Waals surface area contributed by atoms with Crippen LogP contribution in [0.4, 0.5) is 5.82 Å². The van der Waals surface area contributed by atoms with Crippen molar-refractivity contribution in [2.75, 3.05) is 31.1 Å². The molecule has 0 saturated carbocycles. The number of amides is 1. The molecule has 1 fully saturated rings. The van der Waals surface area contributed by atoms with Gasteiger partial charge in [-0.3, -0.25) is 4.79 Å². The molecule has 7 nitrogen and oxygen atoms in total. The van der Waals surface area contributed by atoms with Crippen LogP contribution in [-0.4, -0.2) is 47.0 Å². The Morgan fingerprint density at radius 1 is 1.07 bits per heavy atom. The molecule has 0 N–H and O–H groups in total. The maximum Gasteiger partial charge on any atom is 0.289 e. The molecule has 0 atom stereocenters. The summed E-state index contributed by atoms with van der Waals surface area (Å²) in [7, 11) is 0. The number of halogens is 1. The molecule has 138 valence electrons. The first kappa shape index (κ1) is 17.4. The first-order valence-corrected chi connectivity index (χ1v) is 8.90. The van der Waals surface area contributed by atoms with Gasteiger partial charge in [0.25, 0.3) is 5.91 Å². The fourth-order valence-corrected chi connectivity index (χ4v) is 3.00. The molecule has 0 radical (unpaired) electrons. The van der Waals surface area contributed by atoms with Crippen LogP contribution < -0.4 is 9.64 Å². The molecule has 0 spiro atoms. The van der Waals surface area contributed by atoms with E-state index < -0.39 is 0 Å². The molecule has 2 aromatic heterocycles. The monoisotopic (exact) mass is 384 g/mol. The van der Waals surface area contributed by atoms with Crippen LogP contribution in [0.3, 0.4) is 0 Å². The summed E-state index contributed by atoms with van der Waals surface area (Å²) >= 11 is 5.89. The molecule has 27 heavy (non-hydrogen) atoms. The molecule has 3 aromatic rings. The predicted molar refractivity (Wildman–Crippen MR) is 100 cm³/mol. The molecule has 1 saturated heterocycles. The van der Waals surface area contributed by atoms with Gasteiger partial charge in [-0.2, -0.15) is 0 Å². The van der Waals surface area contributed by atoms with Gasteiger partial charge in [0.05, 0.1) is 6.26 Å². The number of ether oxygens (including phenoxy) is 1. The zero-order valence-electron chi connectivity index (χ0n) is 14.4. The van der Waals surface area contributed by atoms with Gasteiger partial charge >= 0.3 is 0 Å². The Labute approximate surface area is 161 Å². The molecule has 0 bridgehead atoms. The van der Waals surface area contributed by atoms with Gasteiger partial charge in [0.1, 0.15) is 17.9 Å². The Kier molecular flexibility index (Phi) is 4.93. The normalized spacial score (nSPS) is 14.3. The van der Waals surface area contributed by atoms with Gasteiger partial charge in [0.2, 0.25) is 5.88 Å². The molecule has 1 aliphatic heterocycles. The predicted octanol–water partition coefficient (Wildman–Crippen LogP) is 3.48. The summed E-state index contributed by atoms with van der Waals surface area (Å²) in [6.07, 6.45) is 2.98. The van der Waals surface area contributed by atoms with E-state index in [1.165, 1.54) is 12.6 Å². The molecular formula is C19H17ClN4O3. The van der Waals surface area contributed by atoms with E-state index in [2.05, 4.69) is 14.9 Å². The minimum Gasteiger partial charge on any atom is -0.459 e. The van der Waals surface area contributed by atoms with Crippen LogP contribution in [0, 0.1) is 0 Å². The van der Waals surface area contributed by atoms with Crippen LogP contribution >= 0.6 is 11.6 Å². The highest BCUT2D eigenvalue weighted by Gasteiger charge is 2.24. The largest absolute Gasteiger partial charge is 0.459 e. The molecule has 8 heteroatoms. The number of furan rings is 1. The van der Waals surface area contributed by atoms with Crippen molar-refractivity contribution in [3.8, 4) is 11.6 Å². The van der Waals surface area contributed by atoms with E-state index in [9.17, 15) is 4.79 Å². The van der Waals surface area contributed by atoms with Crippen molar-refractivity contribution >= 4 is 23.3 Å². The number of hydrogen-bond acceptors (Lipinski definition) is 6. The Hall–Kier alpha value is -3.06. The van der Waals surface area contributed by atoms with Crippen LogP contribution in [-0.2, 0) is 0 Å². The van der Waals surface area contributed by atoms with Crippen LogP contribution in [0.25, 0.3) is 0 Å². The number of anilines is 1. The lowest BCUT2D eigenvalue weighted by molar-refractivity contribution is 0.0714. The molecule has 1 amide bonds. The fraction of sp³-hybridized carbons (Fsp3) is 0.211. The number of benzene rings is 1. The second-order valence-electron chi connectivity index (χ2n) is 6.03. The minimum atomic E-state index is -0.0888. The van der Waals surface area contributed by atoms with Crippen molar-refractivity contribution in [3.63, 3.8) is 0 Å². The van der Waals surface area contributed by atoms with Gasteiger partial charge in [-0.1, -0.05) is 11.6 Å². The standard InChI is InChI=1S/C19H17ClN4O3/c20-14-3-5-15(6-4-14)27-18-12-17(21-13-22-18)23-7-9-24(10-8-23)19(25)16-2-1-11-26-16/h1-6,11-13H,7-10H2. The highest BCUT2D eigenvalue weighted by Crippen LogP contribution is 2.24. The Morgan fingerprint density at radius 3 is 2.56 bits per heavy atom. The van der Waals surface area contributed by atoms with E-state index >= 15 is 0 Å². The molecule has 0 aliphatic carbocycles. The average Bonchev–Trinajstić information content (AvgIpc) is 3.24. The van der Waals surface area contributed by atoms with E-state index in [1.54, 1.807) is 47.4 Å². The van der Waals surface area contributed by atoms with Gasteiger partial charge in [-0.05, 0) is 36.4 Å². The fourth-order valence-electron chi connectivity index (χ4n) is 2.88. The van der Waals surface area contributed by atoms with Crippen LogP contribution in [0.1, 0.15) is 10.6 Å². The third kappa shape index (κ3) is 4.03. The first-order chi connectivity index (χ1) is 13.2. The van der Waals surface area contributed by atoms with Crippen LogP contribution in [0.5, 0.6) is 11.6 Å². The minimum absolute atomic E-state index is 0.0888. The van der Waals surface area contributed by atoms with Gasteiger partial charge in [0, 0.05) is 37.3 Å². The van der Waals surface area contributed by atoms with Gasteiger partial charge < -0.3 is 19.0 Å². The SMILES string of the molecule is O=C(c1ccco1)N1CCN(c2cc(Oc3ccc(Cl)cc3)ncn2)CC1. The Bertz CT molecular complexity index is 907. The maximum atomic E-state index is 12.3. The van der Waals surface area contributed by atoms with Crippen molar-refractivity contribution in [1.29, 1.82) is 0 Å². The summed E-state index contributed by atoms with van der Waals surface area (Å²) in [5, 5.41) is 0.646. The topological polar surface area (TPSA) is 71.7 Å². The maximum absolute atomic E-state index is 12.3. The third-order valence-electron chi connectivity index (χ3n) is 4.29. The summed E-state index contributed by atoms with van der Waals surface area (Å²) < 4.78 is 10.9. The van der Waals surface area contributed by atoms with Crippen molar-refractivity contribution < 1.29 is 13.9 Å². The van der Waals surface area contributed by atoms with E-state index in [0.29, 0.717) is 48.6 Å². The van der Waals surface area contributed by atoms with Crippen LogP contribution in [0.15, 0.2) is 59.5 Å². The van der Waals surface area contributed by atoms with E-state index in [1.807, 2.05) is 0 Å². The summed E-state index contributed by atoms with van der Waals surface area (Å²) in [5.74, 6) is 2.15. The number of hydrogen-bond donors (Lipinski definition) is 0. The Balaban J connectivity index is 1.40. The van der Waals surface area contributed by atoms with Crippen molar-refractivity contribution in [3.05, 3.63) is 65.8 Å². The second kappa shape index (κ2) is 7.67. The first-order valence-electron chi connectivity index (χ1n) is 8.52. The molecular weight excluding hydrogens is 368 g/mol. The van der Waals surface area contributed by atoms with Crippen molar-refractivity contribution in [2.24, 2.45) is 0 Å². The summed E-state index contributed by atoms with van der Waals surface area (Å²) in [4.78, 5) is 24.7. The molecule has 0 unspecified atom stereocenters. The summed E-state index contributed by atoms with van der Waals surface area (Å²) in [6.45, 7) is 2.53. The second-order valence-corrected chi connectivity index (χ2v) is 6.46. The van der Waals surface area contributed by atoms with Crippen molar-refractivity contribution in [2.45, 2.75) is 0 Å². The third-order valence-corrected chi connectivity index (χ3v) is 4.54. The lowest BCUT2D eigenvalue weighted by atomic mass is 10.3. The number of aromatic nitrogens is 2. The van der Waals surface area contributed by atoms with Crippen LogP contribution in [0.2, 0.25) is 5.02 Å². The smallest absolute Gasteiger partial charge is 0.289 e. The Morgan fingerprint density at radius 2 is 1.85 bits per heavy atom. The number of nitrogens with zero attached hydrogens (tertiary/aromatic N) is 4. The summed E-state index contributed by atoms with van der Waals surface area (Å²) in [6, 6.07) is 12.3.